The highest BCUT2D eigenvalue weighted by molar-refractivity contribution is 5.77. The molecule has 29 heavy (non-hydrogen) atoms. The second-order valence-electron chi connectivity index (χ2n) is 7.29. The van der Waals surface area contributed by atoms with Crippen LogP contribution in [0, 0.1) is 19.7 Å². The lowest BCUT2D eigenvalue weighted by molar-refractivity contribution is -0.131. The second kappa shape index (κ2) is 7.65. The van der Waals surface area contributed by atoms with Crippen molar-refractivity contribution in [2.45, 2.75) is 26.7 Å². The van der Waals surface area contributed by atoms with E-state index in [1.165, 1.54) is 12.1 Å². The standard InChI is InChI=1S/C20H24FN7O/c1-13-17(14(2)28-20(23-13)24-19(22)25-28)7-8-18(29)27-11-9-26(10-12-27)16-5-3-15(21)4-6-16/h3-6H,7-12H2,1-2H3,(H2,22,25). The van der Waals surface area contributed by atoms with Crippen molar-refractivity contribution >= 4 is 23.3 Å². The van der Waals surface area contributed by atoms with Gasteiger partial charge in [-0.05, 0) is 50.1 Å². The summed E-state index contributed by atoms with van der Waals surface area (Å²) in [7, 11) is 0. The molecule has 0 atom stereocenters. The highest BCUT2D eigenvalue weighted by Crippen LogP contribution is 2.19. The van der Waals surface area contributed by atoms with Crippen LogP contribution in [0.15, 0.2) is 24.3 Å². The lowest BCUT2D eigenvalue weighted by atomic mass is 10.1. The summed E-state index contributed by atoms with van der Waals surface area (Å²) < 4.78 is 14.7. The van der Waals surface area contributed by atoms with Crippen LogP contribution in [-0.2, 0) is 11.2 Å². The number of hydrogen-bond donors (Lipinski definition) is 1. The first-order valence-electron chi connectivity index (χ1n) is 9.69. The van der Waals surface area contributed by atoms with Gasteiger partial charge in [-0.1, -0.05) is 0 Å². The Morgan fingerprint density at radius 1 is 1.10 bits per heavy atom. The fraction of sp³-hybridized carbons (Fsp3) is 0.400. The highest BCUT2D eigenvalue weighted by Gasteiger charge is 2.22. The number of piperazine rings is 1. The number of hydrogen-bond acceptors (Lipinski definition) is 6. The second-order valence-corrected chi connectivity index (χ2v) is 7.29. The summed E-state index contributed by atoms with van der Waals surface area (Å²) >= 11 is 0. The van der Waals surface area contributed by atoms with E-state index >= 15 is 0 Å². The van der Waals surface area contributed by atoms with E-state index in [2.05, 4.69) is 20.0 Å². The molecule has 0 bridgehead atoms. The van der Waals surface area contributed by atoms with Crippen molar-refractivity contribution in [3.8, 4) is 0 Å². The Bertz CT molecular complexity index is 1040. The van der Waals surface area contributed by atoms with Crippen molar-refractivity contribution < 1.29 is 9.18 Å². The van der Waals surface area contributed by atoms with Gasteiger partial charge in [0.15, 0.2) is 0 Å². The number of halogens is 1. The van der Waals surface area contributed by atoms with Gasteiger partial charge in [-0.15, -0.1) is 5.10 Å². The molecule has 2 N–H and O–H groups in total. The molecule has 0 saturated carbocycles. The largest absolute Gasteiger partial charge is 0.368 e. The van der Waals surface area contributed by atoms with Crippen molar-refractivity contribution in [3.05, 3.63) is 47.0 Å². The first-order chi connectivity index (χ1) is 13.9. The lowest BCUT2D eigenvalue weighted by Crippen LogP contribution is -2.48. The molecule has 0 spiro atoms. The summed E-state index contributed by atoms with van der Waals surface area (Å²) in [4.78, 5) is 25.3. The number of aryl methyl sites for hydroxylation is 2. The molecule has 3 heterocycles. The van der Waals surface area contributed by atoms with Gasteiger partial charge in [-0.3, -0.25) is 4.79 Å². The zero-order valence-electron chi connectivity index (χ0n) is 16.6. The van der Waals surface area contributed by atoms with E-state index in [9.17, 15) is 9.18 Å². The molecule has 1 aliphatic rings. The molecule has 1 aromatic carbocycles. The van der Waals surface area contributed by atoms with Crippen molar-refractivity contribution in [1.82, 2.24) is 24.5 Å². The molecule has 152 valence electrons. The van der Waals surface area contributed by atoms with Gasteiger partial charge in [-0.25, -0.2) is 9.37 Å². The number of carbonyl (C=O) groups is 1. The SMILES string of the molecule is Cc1nc2nc(N)nn2c(C)c1CCC(=O)N1CCN(c2ccc(F)cc2)CC1. The monoisotopic (exact) mass is 397 g/mol. The molecular weight excluding hydrogens is 373 g/mol. The fourth-order valence-electron chi connectivity index (χ4n) is 3.84. The predicted molar refractivity (Wildman–Crippen MR) is 108 cm³/mol. The number of anilines is 2. The van der Waals surface area contributed by atoms with Gasteiger partial charge < -0.3 is 15.5 Å². The van der Waals surface area contributed by atoms with Gasteiger partial charge in [0.25, 0.3) is 5.78 Å². The number of aromatic nitrogens is 4. The summed E-state index contributed by atoms with van der Waals surface area (Å²) in [5.74, 6) is 0.548. The summed E-state index contributed by atoms with van der Waals surface area (Å²) in [5.41, 5.74) is 9.41. The number of nitrogens with two attached hydrogens (primary N) is 1. The van der Waals surface area contributed by atoms with Crippen LogP contribution < -0.4 is 10.6 Å². The van der Waals surface area contributed by atoms with E-state index in [0.717, 1.165) is 35.7 Å². The van der Waals surface area contributed by atoms with Crippen molar-refractivity contribution in [1.29, 1.82) is 0 Å². The van der Waals surface area contributed by atoms with Crippen LogP contribution >= 0.6 is 0 Å². The molecule has 9 heteroatoms. The Hall–Kier alpha value is -3.23. The number of nitrogens with zero attached hydrogens (tertiary/aromatic N) is 6. The van der Waals surface area contributed by atoms with Crippen molar-refractivity contribution in [2.24, 2.45) is 0 Å². The van der Waals surface area contributed by atoms with Crippen LogP contribution in [0.3, 0.4) is 0 Å². The molecule has 8 nitrogen and oxygen atoms in total. The average Bonchev–Trinajstić information content (AvgIpc) is 3.08. The molecule has 0 radical (unpaired) electrons. The Morgan fingerprint density at radius 3 is 2.48 bits per heavy atom. The van der Waals surface area contributed by atoms with Crippen LogP contribution in [0.4, 0.5) is 16.0 Å². The van der Waals surface area contributed by atoms with E-state index in [0.29, 0.717) is 31.7 Å². The normalized spacial score (nSPS) is 14.6. The maximum Gasteiger partial charge on any atom is 0.254 e. The average molecular weight is 397 g/mol. The number of fused-ring (bicyclic) bond motifs is 1. The molecule has 4 rings (SSSR count). The van der Waals surface area contributed by atoms with E-state index in [4.69, 9.17) is 5.73 Å². The summed E-state index contributed by atoms with van der Waals surface area (Å²) in [6, 6.07) is 6.48. The predicted octanol–water partition coefficient (Wildman–Crippen LogP) is 1.74. The van der Waals surface area contributed by atoms with Gasteiger partial charge in [-0.2, -0.15) is 9.50 Å². The zero-order chi connectivity index (χ0) is 20.5. The first kappa shape index (κ1) is 19.1. The van der Waals surface area contributed by atoms with Crippen molar-refractivity contribution in [3.63, 3.8) is 0 Å². The smallest absolute Gasteiger partial charge is 0.254 e. The van der Waals surface area contributed by atoms with Gasteiger partial charge in [0, 0.05) is 49.7 Å². The van der Waals surface area contributed by atoms with Crippen LogP contribution in [0.5, 0.6) is 0 Å². The molecule has 1 aliphatic heterocycles. The lowest BCUT2D eigenvalue weighted by Gasteiger charge is -2.36. The van der Waals surface area contributed by atoms with Crippen molar-refractivity contribution in [2.75, 3.05) is 36.8 Å². The molecule has 0 aliphatic carbocycles. The third kappa shape index (κ3) is 3.85. The summed E-state index contributed by atoms with van der Waals surface area (Å²) in [5, 5.41) is 4.17. The molecule has 1 saturated heterocycles. The first-order valence-corrected chi connectivity index (χ1v) is 9.69. The number of carbonyl (C=O) groups excluding carboxylic acids is 1. The van der Waals surface area contributed by atoms with Gasteiger partial charge in [0.05, 0.1) is 0 Å². The minimum absolute atomic E-state index is 0.126. The number of rotatable bonds is 4. The van der Waals surface area contributed by atoms with Crippen LogP contribution in [0.2, 0.25) is 0 Å². The van der Waals surface area contributed by atoms with Crippen LogP contribution in [0.1, 0.15) is 23.4 Å². The Morgan fingerprint density at radius 2 is 1.79 bits per heavy atom. The maximum absolute atomic E-state index is 13.1. The Balaban J connectivity index is 1.37. The Labute approximate surface area is 168 Å². The number of benzene rings is 1. The van der Waals surface area contributed by atoms with E-state index in [1.54, 1.807) is 16.6 Å². The molecule has 3 aromatic rings. The topological polar surface area (TPSA) is 92.6 Å². The van der Waals surface area contributed by atoms with E-state index in [1.807, 2.05) is 18.7 Å². The quantitative estimate of drug-likeness (QED) is 0.721. The summed E-state index contributed by atoms with van der Waals surface area (Å²) in [6.45, 7) is 6.65. The summed E-state index contributed by atoms with van der Waals surface area (Å²) in [6.07, 6.45) is 1.01. The molecule has 1 amide bonds. The van der Waals surface area contributed by atoms with Crippen LogP contribution in [-0.4, -0.2) is 56.6 Å². The zero-order valence-corrected chi connectivity index (χ0v) is 16.6. The fourth-order valence-corrected chi connectivity index (χ4v) is 3.84. The van der Waals surface area contributed by atoms with Gasteiger partial charge >= 0.3 is 0 Å². The van der Waals surface area contributed by atoms with E-state index in [-0.39, 0.29) is 17.7 Å². The third-order valence-corrected chi connectivity index (χ3v) is 5.48. The maximum atomic E-state index is 13.1. The highest BCUT2D eigenvalue weighted by atomic mass is 19.1. The van der Waals surface area contributed by atoms with Crippen LogP contribution in [0.25, 0.3) is 5.78 Å². The number of amides is 1. The molecular formula is C20H24FN7O. The molecule has 2 aromatic heterocycles. The van der Waals surface area contributed by atoms with E-state index < -0.39 is 0 Å². The van der Waals surface area contributed by atoms with Gasteiger partial charge in [0.2, 0.25) is 11.9 Å². The minimum Gasteiger partial charge on any atom is -0.368 e. The Kier molecular flexibility index (Phi) is 5.04. The third-order valence-electron chi connectivity index (χ3n) is 5.48. The van der Waals surface area contributed by atoms with Gasteiger partial charge in [0.1, 0.15) is 5.82 Å². The number of nitrogen functional groups attached to an aromatic ring is 1. The molecule has 0 unspecified atom stereocenters. The minimum atomic E-state index is -0.241. The molecule has 1 fully saturated rings.